The van der Waals surface area contributed by atoms with Crippen LogP contribution in [0.1, 0.15) is 38.1 Å². The number of hydrogen-bond donors (Lipinski definition) is 1. The van der Waals surface area contributed by atoms with Crippen molar-refractivity contribution in [2.75, 3.05) is 5.75 Å². The van der Waals surface area contributed by atoms with Crippen LogP contribution in [0.5, 0.6) is 0 Å². The van der Waals surface area contributed by atoms with Crippen molar-refractivity contribution in [2.45, 2.75) is 32.4 Å². The number of nitrogens with zero attached hydrogens (tertiary/aromatic N) is 3. The zero-order chi connectivity index (χ0) is 18.8. The fraction of sp³-hybridized carbons (Fsp3) is 0.316. The summed E-state index contributed by atoms with van der Waals surface area (Å²) >= 11 is 3.70. The van der Waals surface area contributed by atoms with Crippen molar-refractivity contribution in [3.8, 4) is 0 Å². The molecule has 6 nitrogen and oxygen atoms in total. The highest BCUT2D eigenvalue weighted by molar-refractivity contribution is 14.1. The summed E-state index contributed by atoms with van der Waals surface area (Å²) in [5, 5.41) is 11.5. The molecule has 2 aliphatic rings. The third-order valence-electron chi connectivity index (χ3n) is 4.35. The van der Waals surface area contributed by atoms with Gasteiger partial charge in [0.2, 0.25) is 6.17 Å². The van der Waals surface area contributed by atoms with Gasteiger partial charge in [-0.25, -0.2) is 10.0 Å². The van der Waals surface area contributed by atoms with Crippen LogP contribution in [-0.2, 0) is 4.79 Å². The minimum absolute atomic E-state index is 0.156. The molecular formula is C19H19IN4O2S. The summed E-state index contributed by atoms with van der Waals surface area (Å²) in [5.41, 5.74) is 0.509. The van der Waals surface area contributed by atoms with E-state index < -0.39 is 6.17 Å². The molecule has 4 rings (SSSR count). The maximum absolute atomic E-state index is 12.9. The second-order valence-corrected chi connectivity index (χ2v) is 8.42. The van der Waals surface area contributed by atoms with Crippen molar-refractivity contribution >= 4 is 51.1 Å². The third-order valence-corrected chi connectivity index (χ3v) is 5.88. The van der Waals surface area contributed by atoms with Crippen molar-refractivity contribution in [1.82, 2.24) is 10.3 Å². The highest BCUT2D eigenvalue weighted by atomic mass is 127. The summed E-state index contributed by atoms with van der Waals surface area (Å²) < 4.78 is 6.58. The molecule has 2 aliphatic heterocycles. The lowest BCUT2D eigenvalue weighted by Gasteiger charge is -2.32. The Bertz CT molecular complexity index is 1020. The molecule has 0 unspecified atom stereocenters. The van der Waals surface area contributed by atoms with E-state index in [-0.39, 0.29) is 5.91 Å². The second-order valence-electron chi connectivity index (χ2n) is 6.27. The fourth-order valence-electron chi connectivity index (χ4n) is 3.07. The molecule has 0 aliphatic carbocycles. The first-order valence-electron chi connectivity index (χ1n) is 8.92. The SMILES string of the molecule is CCCCCSC1=NN2C(=c3ccccc3=N[C@@H]2c2ccc(I)o2)C(=O)N1. The average Bonchev–Trinajstić information content (AvgIpc) is 3.10. The Morgan fingerprint density at radius 2 is 2.11 bits per heavy atom. The largest absolute Gasteiger partial charge is 0.451 e. The van der Waals surface area contributed by atoms with Crippen LogP contribution >= 0.6 is 34.4 Å². The van der Waals surface area contributed by atoms with Crippen LogP contribution in [0.3, 0.4) is 0 Å². The molecule has 1 atom stereocenters. The van der Waals surface area contributed by atoms with E-state index in [2.05, 4.69) is 34.8 Å². The van der Waals surface area contributed by atoms with Gasteiger partial charge in [0.15, 0.2) is 14.7 Å². The molecule has 0 saturated heterocycles. The lowest BCUT2D eigenvalue weighted by Crippen LogP contribution is -2.50. The lowest BCUT2D eigenvalue weighted by atomic mass is 10.1. The second kappa shape index (κ2) is 8.05. The Balaban J connectivity index is 1.76. The highest BCUT2D eigenvalue weighted by Gasteiger charge is 2.35. The number of carbonyl (C=O) groups is 1. The van der Waals surface area contributed by atoms with Crippen LogP contribution in [0.25, 0.3) is 5.70 Å². The Hall–Kier alpha value is -1.81. The summed E-state index contributed by atoms with van der Waals surface area (Å²) in [5.74, 6) is 1.43. The molecule has 3 heterocycles. The first kappa shape index (κ1) is 18.5. The molecule has 0 bridgehead atoms. The number of amidine groups is 1. The molecule has 0 spiro atoms. The number of benzene rings is 1. The van der Waals surface area contributed by atoms with Gasteiger partial charge < -0.3 is 4.42 Å². The third kappa shape index (κ3) is 3.77. The van der Waals surface area contributed by atoms with Gasteiger partial charge in [-0.1, -0.05) is 49.7 Å². The maximum Gasteiger partial charge on any atom is 0.276 e. The molecule has 0 radical (unpaired) electrons. The number of fused-ring (bicyclic) bond motifs is 2. The van der Waals surface area contributed by atoms with E-state index in [9.17, 15) is 4.79 Å². The first-order valence-corrected chi connectivity index (χ1v) is 11.0. The first-order chi connectivity index (χ1) is 13.2. The average molecular weight is 494 g/mol. The number of nitrogens with one attached hydrogen (secondary N) is 1. The molecule has 0 saturated carbocycles. The van der Waals surface area contributed by atoms with Crippen LogP contribution in [0, 0.1) is 3.77 Å². The van der Waals surface area contributed by atoms with Crippen molar-refractivity contribution in [1.29, 1.82) is 0 Å². The van der Waals surface area contributed by atoms with Gasteiger partial charge in [0, 0.05) is 11.0 Å². The number of carbonyl (C=O) groups excluding carboxylic acids is 1. The number of rotatable bonds is 5. The number of hydrazone groups is 1. The highest BCUT2D eigenvalue weighted by Crippen LogP contribution is 2.32. The van der Waals surface area contributed by atoms with E-state index in [1.54, 1.807) is 16.8 Å². The van der Waals surface area contributed by atoms with E-state index in [0.29, 0.717) is 16.6 Å². The molecule has 27 heavy (non-hydrogen) atoms. The normalized spacial score (nSPS) is 18.4. The molecule has 8 heteroatoms. The molecule has 1 amide bonds. The molecule has 1 aromatic carbocycles. The van der Waals surface area contributed by atoms with Gasteiger partial charge in [0.05, 0.1) is 5.36 Å². The molecule has 0 fully saturated rings. The van der Waals surface area contributed by atoms with Crippen molar-refractivity contribution in [2.24, 2.45) is 10.1 Å². The van der Waals surface area contributed by atoms with E-state index in [0.717, 1.165) is 32.9 Å². The van der Waals surface area contributed by atoms with Crippen molar-refractivity contribution in [3.63, 3.8) is 0 Å². The summed E-state index contributed by atoms with van der Waals surface area (Å²) in [6, 6.07) is 11.4. The molecule has 140 valence electrons. The number of furan rings is 1. The number of unbranched alkanes of at least 4 members (excludes halogenated alkanes) is 2. The Kier molecular flexibility index (Phi) is 5.53. The maximum atomic E-state index is 12.9. The van der Waals surface area contributed by atoms with Gasteiger partial charge in [0.25, 0.3) is 5.91 Å². The van der Waals surface area contributed by atoms with Gasteiger partial charge in [-0.05, 0) is 47.2 Å². The zero-order valence-corrected chi connectivity index (χ0v) is 17.8. The van der Waals surface area contributed by atoms with Crippen LogP contribution in [-0.4, -0.2) is 21.8 Å². The summed E-state index contributed by atoms with van der Waals surface area (Å²) in [4.78, 5) is 17.7. The number of para-hydroxylation sites is 1. The number of hydrogen-bond acceptors (Lipinski definition) is 6. The summed E-state index contributed by atoms with van der Waals surface area (Å²) in [7, 11) is 0. The van der Waals surface area contributed by atoms with Crippen LogP contribution < -0.4 is 15.9 Å². The van der Waals surface area contributed by atoms with Crippen molar-refractivity contribution < 1.29 is 9.21 Å². The van der Waals surface area contributed by atoms with Gasteiger partial charge in [0.1, 0.15) is 5.70 Å². The number of halogens is 1. The van der Waals surface area contributed by atoms with Gasteiger partial charge in [-0.3, -0.25) is 10.1 Å². The van der Waals surface area contributed by atoms with E-state index >= 15 is 0 Å². The number of amides is 1. The van der Waals surface area contributed by atoms with Gasteiger partial charge >= 0.3 is 0 Å². The van der Waals surface area contributed by atoms with E-state index in [1.165, 1.54) is 6.42 Å². The Morgan fingerprint density at radius 3 is 2.89 bits per heavy atom. The van der Waals surface area contributed by atoms with Gasteiger partial charge in [-0.15, -0.1) is 5.10 Å². The van der Waals surface area contributed by atoms with E-state index in [1.807, 2.05) is 36.4 Å². The number of thioether (sulfide) groups is 1. The lowest BCUT2D eigenvalue weighted by molar-refractivity contribution is -0.116. The Labute approximate surface area is 174 Å². The molecule has 1 N–H and O–H groups in total. The minimum Gasteiger partial charge on any atom is -0.451 e. The smallest absolute Gasteiger partial charge is 0.276 e. The van der Waals surface area contributed by atoms with Crippen LogP contribution in [0.15, 0.2) is 50.9 Å². The fourth-order valence-corrected chi connectivity index (χ4v) is 4.35. The standard InChI is InChI=1S/C19H19IN4O2S/c1-2-3-6-11-27-19-22-18(25)16-12-7-4-5-8-13(12)21-17(24(16)23-19)14-9-10-15(20)26-14/h4-5,7-10,17H,2-3,6,11H2,1H3,(H,22,23,25)/t17-/m0/s1. The minimum atomic E-state index is -0.490. The summed E-state index contributed by atoms with van der Waals surface area (Å²) in [6.07, 6.45) is 2.94. The zero-order valence-electron chi connectivity index (χ0n) is 14.8. The molecule has 2 aromatic rings. The molecule has 1 aromatic heterocycles. The van der Waals surface area contributed by atoms with Crippen LogP contribution in [0.2, 0.25) is 0 Å². The molecular weight excluding hydrogens is 475 g/mol. The monoisotopic (exact) mass is 494 g/mol. The Morgan fingerprint density at radius 1 is 1.26 bits per heavy atom. The van der Waals surface area contributed by atoms with Gasteiger partial charge in [-0.2, -0.15) is 0 Å². The van der Waals surface area contributed by atoms with Crippen molar-refractivity contribution in [3.05, 3.63) is 56.5 Å². The quantitative estimate of drug-likeness (QED) is 0.513. The van der Waals surface area contributed by atoms with E-state index in [4.69, 9.17) is 14.5 Å². The predicted molar refractivity (Wildman–Crippen MR) is 114 cm³/mol. The summed E-state index contributed by atoms with van der Waals surface area (Å²) in [6.45, 7) is 2.17. The predicted octanol–water partition coefficient (Wildman–Crippen LogP) is 2.95. The van der Waals surface area contributed by atoms with Crippen LogP contribution in [0.4, 0.5) is 0 Å². The topological polar surface area (TPSA) is 70.2 Å².